The monoisotopic (exact) mass is 495 g/mol. The van der Waals surface area contributed by atoms with Gasteiger partial charge >= 0.3 is 0 Å². The summed E-state index contributed by atoms with van der Waals surface area (Å²) in [6.07, 6.45) is 0. The van der Waals surface area contributed by atoms with Crippen LogP contribution in [0.1, 0.15) is 15.9 Å². The molecular weight excluding hydrogens is 477 g/mol. The zero-order valence-corrected chi connectivity index (χ0v) is 19.7. The normalized spacial score (nSPS) is 13.4. The van der Waals surface area contributed by atoms with Crippen molar-refractivity contribution >= 4 is 58.0 Å². The number of rotatable bonds is 6. The van der Waals surface area contributed by atoms with Crippen LogP contribution >= 0.6 is 23.2 Å². The molecule has 0 atom stereocenters. The molecule has 0 bridgehead atoms. The van der Waals surface area contributed by atoms with Crippen LogP contribution in [-0.2, 0) is 9.59 Å². The molecule has 9 heteroatoms. The number of carbonyl (C=O) groups is 3. The standard InChI is InChI=1S/C25H19Cl2N3O4/c1-14-19(26)10-5-11-20(14)30-24(32)21(27)22(25(30)33)28-16-7-3-6-15(12-16)23(31)29-17-8-4-9-18(13-17)34-2/h3-13,28H,1-2H3,(H,29,31). The van der Waals surface area contributed by atoms with E-state index in [1.54, 1.807) is 80.8 Å². The third-order valence-electron chi connectivity index (χ3n) is 5.23. The highest BCUT2D eigenvalue weighted by Gasteiger charge is 2.39. The number of carbonyl (C=O) groups excluding carboxylic acids is 3. The lowest BCUT2D eigenvalue weighted by molar-refractivity contribution is -0.120. The number of methoxy groups -OCH3 is 1. The third kappa shape index (κ3) is 4.48. The molecular formula is C25H19Cl2N3O4. The molecule has 3 aromatic rings. The molecule has 1 aliphatic heterocycles. The molecule has 0 aromatic heterocycles. The number of hydrogen-bond donors (Lipinski definition) is 2. The topological polar surface area (TPSA) is 87.7 Å². The minimum atomic E-state index is -0.661. The first-order valence-corrected chi connectivity index (χ1v) is 10.9. The van der Waals surface area contributed by atoms with Crippen LogP contribution in [0.4, 0.5) is 17.1 Å². The summed E-state index contributed by atoms with van der Waals surface area (Å²) in [6.45, 7) is 1.71. The number of nitrogens with one attached hydrogen (secondary N) is 2. The van der Waals surface area contributed by atoms with E-state index < -0.39 is 11.8 Å². The van der Waals surface area contributed by atoms with Crippen molar-refractivity contribution in [1.29, 1.82) is 0 Å². The summed E-state index contributed by atoms with van der Waals surface area (Å²) < 4.78 is 5.17. The summed E-state index contributed by atoms with van der Waals surface area (Å²) in [6, 6.07) is 18.4. The molecule has 0 saturated heterocycles. The summed E-state index contributed by atoms with van der Waals surface area (Å²) in [5, 5.41) is 5.84. The van der Waals surface area contributed by atoms with Gasteiger partial charge in [0.1, 0.15) is 16.5 Å². The highest BCUT2D eigenvalue weighted by atomic mass is 35.5. The number of halogens is 2. The summed E-state index contributed by atoms with van der Waals surface area (Å²) in [5.41, 5.74) is 2.16. The molecule has 7 nitrogen and oxygen atoms in total. The van der Waals surface area contributed by atoms with Gasteiger partial charge in [0.2, 0.25) is 0 Å². The predicted octanol–water partition coefficient (Wildman–Crippen LogP) is 5.35. The Kier molecular flexibility index (Phi) is 6.58. The van der Waals surface area contributed by atoms with Crippen LogP contribution < -0.4 is 20.3 Å². The van der Waals surface area contributed by atoms with Gasteiger partial charge in [-0.05, 0) is 55.0 Å². The summed E-state index contributed by atoms with van der Waals surface area (Å²) in [7, 11) is 1.54. The lowest BCUT2D eigenvalue weighted by Crippen LogP contribution is -2.32. The number of imide groups is 1. The van der Waals surface area contributed by atoms with Crippen molar-refractivity contribution in [3.8, 4) is 5.75 Å². The zero-order chi connectivity index (χ0) is 24.4. The first-order valence-electron chi connectivity index (χ1n) is 10.2. The van der Waals surface area contributed by atoms with Crippen LogP contribution in [0.2, 0.25) is 5.02 Å². The van der Waals surface area contributed by atoms with E-state index in [2.05, 4.69) is 10.6 Å². The van der Waals surface area contributed by atoms with E-state index in [0.29, 0.717) is 39.0 Å². The summed E-state index contributed by atoms with van der Waals surface area (Å²) in [4.78, 5) is 39.6. The average Bonchev–Trinajstić information content (AvgIpc) is 3.04. The lowest BCUT2D eigenvalue weighted by Gasteiger charge is -2.18. The molecule has 3 amide bonds. The number of amides is 3. The first-order chi connectivity index (χ1) is 16.3. The fraction of sp³-hybridized carbons (Fsp3) is 0.0800. The van der Waals surface area contributed by atoms with E-state index in [1.807, 2.05) is 0 Å². The van der Waals surface area contributed by atoms with Gasteiger partial charge in [0.15, 0.2) is 0 Å². The Balaban J connectivity index is 1.55. The van der Waals surface area contributed by atoms with Gasteiger partial charge in [-0.3, -0.25) is 14.4 Å². The minimum absolute atomic E-state index is 0.0867. The van der Waals surface area contributed by atoms with Crippen LogP contribution in [0.25, 0.3) is 0 Å². The van der Waals surface area contributed by atoms with Crippen LogP contribution in [-0.4, -0.2) is 24.8 Å². The van der Waals surface area contributed by atoms with Gasteiger partial charge in [0.25, 0.3) is 17.7 Å². The minimum Gasteiger partial charge on any atom is -0.497 e. The second-order valence-electron chi connectivity index (χ2n) is 7.41. The van der Waals surface area contributed by atoms with Gasteiger partial charge in [-0.25, -0.2) is 4.90 Å². The SMILES string of the molecule is COc1cccc(NC(=O)c2cccc(NC3=C(Cl)C(=O)N(c4cccc(Cl)c4C)C3=O)c2)c1. The van der Waals surface area contributed by atoms with E-state index in [-0.39, 0.29) is 16.6 Å². The van der Waals surface area contributed by atoms with Crippen molar-refractivity contribution in [1.82, 2.24) is 0 Å². The maximum atomic E-state index is 13.1. The highest BCUT2D eigenvalue weighted by molar-refractivity contribution is 6.53. The Labute approximate surface area is 205 Å². The van der Waals surface area contributed by atoms with Crippen molar-refractivity contribution in [2.45, 2.75) is 6.92 Å². The van der Waals surface area contributed by atoms with E-state index >= 15 is 0 Å². The number of benzene rings is 3. The molecule has 0 saturated carbocycles. The molecule has 0 fully saturated rings. The Morgan fingerprint density at radius 2 is 1.62 bits per heavy atom. The Morgan fingerprint density at radius 1 is 0.912 bits per heavy atom. The van der Waals surface area contributed by atoms with E-state index in [9.17, 15) is 14.4 Å². The van der Waals surface area contributed by atoms with Crippen molar-refractivity contribution < 1.29 is 19.1 Å². The number of ether oxygens (including phenoxy) is 1. The highest BCUT2D eigenvalue weighted by Crippen LogP contribution is 2.34. The van der Waals surface area contributed by atoms with Gasteiger partial charge in [0.05, 0.1) is 12.8 Å². The first kappa shape index (κ1) is 23.4. The largest absolute Gasteiger partial charge is 0.497 e. The Bertz CT molecular complexity index is 1350. The molecule has 4 rings (SSSR count). The van der Waals surface area contributed by atoms with Gasteiger partial charge in [-0.2, -0.15) is 0 Å². The molecule has 3 aromatic carbocycles. The molecule has 0 aliphatic carbocycles. The van der Waals surface area contributed by atoms with Crippen molar-refractivity contribution in [3.63, 3.8) is 0 Å². The summed E-state index contributed by atoms with van der Waals surface area (Å²) in [5.74, 6) is -1.03. The van der Waals surface area contributed by atoms with Crippen molar-refractivity contribution in [3.05, 3.63) is 93.6 Å². The predicted molar refractivity (Wildman–Crippen MR) is 133 cm³/mol. The number of anilines is 3. The second-order valence-corrected chi connectivity index (χ2v) is 8.20. The molecule has 2 N–H and O–H groups in total. The van der Waals surface area contributed by atoms with Gasteiger partial charge in [0, 0.05) is 28.0 Å². The molecule has 34 heavy (non-hydrogen) atoms. The fourth-order valence-electron chi connectivity index (χ4n) is 3.46. The maximum Gasteiger partial charge on any atom is 0.283 e. The second kappa shape index (κ2) is 9.59. The molecule has 0 radical (unpaired) electrons. The van der Waals surface area contributed by atoms with Gasteiger partial charge in [-0.1, -0.05) is 41.4 Å². The van der Waals surface area contributed by atoms with Crippen LogP contribution in [0.5, 0.6) is 5.75 Å². The third-order valence-corrected chi connectivity index (χ3v) is 5.99. The van der Waals surface area contributed by atoms with Gasteiger partial charge in [-0.15, -0.1) is 0 Å². The summed E-state index contributed by atoms with van der Waals surface area (Å²) >= 11 is 12.4. The number of nitrogens with zero attached hydrogens (tertiary/aromatic N) is 1. The average molecular weight is 496 g/mol. The van der Waals surface area contributed by atoms with Crippen LogP contribution in [0, 0.1) is 6.92 Å². The Hall–Kier alpha value is -3.81. The smallest absolute Gasteiger partial charge is 0.283 e. The fourth-order valence-corrected chi connectivity index (χ4v) is 3.84. The zero-order valence-electron chi connectivity index (χ0n) is 18.2. The molecule has 172 valence electrons. The van der Waals surface area contributed by atoms with Crippen LogP contribution in [0.3, 0.4) is 0 Å². The van der Waals surface area contributed by atoms with E-state index in [0.717, 1.165) is 4.90 Å². The van der Waals surface area contributed by atoms with Gasteiger partial charge < -0.3 is 15.4 Å². The lowest BCUT2D eigenvalue weighted by atomic mass is 10.1. The quantitative estimate of drug-likeness (QED) is 0.450. The molecule has 1 aliphatic rings. The van der Waals surface area contributed by atoms with Crippen molar-refractivity contribution in [2.75, 3.05) is 22.6 Å². The molecule has 0 spiro atoms. The maximum absolute atomic E-state index is 13.1. The number of hydrogen-bond acceptors (Lipinski definition) is 5. The van der Waals surface area contributed by atoms with E-state index in [4.69, 9.17) is 27.9 Å². The van der Waals surface area contributed by atoms with E-state index in [1.165, 1.54) is 0 Å². The van der Waals surface area contributed by atoms with Crippen molar-refractivity contribution in [2.24, 2.45) is 0 Å². The van der Waals surface area contributed by atoms with Crippen LogP contribution in [0.15, 0.2) is 77.5 Å². The molecule has 0 unspecified atom stereocenters. The molecule has 1 heterocycles. The Morgan fingerprint density at radius 3 is 2.38 bits per heavy atom.